The SMILES string of the molecule is CCS(=O)(=O)N1CC[C@@H](NC(=O)Nc2cc(C(=O)N3CCC(c4ccc(C#N)cc4)CC3)ccc2C)C1. The molecule has 0 aromatic heterocycles. The first-order valence-corrected chi connectivity index (χ1v) is 14.3. The molecular weight excluding hydrogens is 490 g/mol. The Kier molecular flexibility index (Phi) is 8.15. The Morgan fingerprint density at radius 3 is 2.41 bits per heavy atom. The number of hydrogen-bond acceptors (Lipinski definition) is 5. The summed E-state index contributed by atoms with van der Waals surface area (Å²) in [6.45, 7) is 5.40. The molecule has 2 saturated heterocycles. The fraction of sp³-hybridized carbons (Fsp3) is 0.444. The summed E-state index contributed by atoms with van der Waals surface area (Å²) in [4.78, 5) is 27.7. The van der Waals surface area contributed by atoms with Gasteiger partial charge in [0.25, 0.3) is 5.91 Å². The van der Waals surface area contributed by atoms with Crippen LogP contribution < -0.4 is 10.6 Å². The number of piperidine rings is 1. The average Bonchev–Trinajstić information content (AvgIpc) is 3.39. The summed E-state index contributed by atoms with van der Waals surface area (Å²) in [5.41, 5.74) is 3.72. The first-order valence-electron chi connectivity index (χ1n) is 12.7. The van der Waals surface area contributed by atoms with Crippen LogP contribution in [0.1, 0.15) is 59.2 Å². The van der Waals surface area contributed by atoms with Crippen molar-refractivity contribution in [1.29, 1.82) is 5.26 Å². The highest BCUT2D eigenvalue weighted by atomic mass is 32.2. The highest BCUT2D eigenvalue weighted by molar-refractivity contribution is 7.89. The van der Waals surface area contributed by atoms with Crippen molar-refractivity contribution in [2.45, 2.75) is 45.1 Å². The average molecular weight is 524 g/mol. The Labute approximate surface area is 218 Å². The van der Waals surface area contributed by atoms with E-state index in [0.717, 1.165) is 18.4 Å². The van der Waals surface area contributed by atoms with E-state index in [2.05, 4.69) is 16.7 Å². The Bertz CT molecular complexity index is 1300. The molecular formula is C27H33N5O4S. The van der Waals surface area contributed by atoms with Gasteiger partial charge in [0.15, 0.2) is 0 Å². The van der Waals surface area contributed by atoms with E-state index in [1.165, 1.54) is 9.87 Å². The Hall–Kier alpha value is -3.42. The molecule has 37 heavy (non-hydrogen) atoms. The van der Waals surface area contributed by atoms with Gasteiger partial charge in [-0.25, -0.2) is 13.2 Å². The second-order valence-corrected chi connectivity index (χ2v) is 11.9. The minimum absolute atomic E-state index is 0.0407. The van der Waals surface area contributed by atoms with E-state index in [4.69, 9.17) is 5.26 Å². The van der Waals surface area contributed by atoms with Crippen LogP contribution in [0.25, 0.3) is 0 Å². The Morgan fingerprint density at radius 1 is 1.05 bits per heavy atom. The monoisotopic (exact) mass is 523 g/mol. The fourth-order valence-electron chi connectivity index (χ4n) is 4.94. The zero-order valence-corrected chi connectivity index (χ0v) is 22.1. The Balaban J connectivity index is 1.33. The van der Waals surface area contributed by atoms with Gasteiger partial charge < -0.3 is 15.5 Å². The summed E-state index contributed by atoms with van der Waals surface area (Å²) in [5.74, 6) is 0.325. The standard InChI is InChI=1S/C27H33N5O4S/c1-3-37(35,36)32-15-12-24(18-32)29-27(34)30-25-16-23(7-4-19(25)2)26(33)31-13-10-22(11-14-31)21-8-5-20(17-28)6-9-21/h4-9,16,22,24H,3,10-15,18H2,1-2H3,(H2,29,30,34)/t24-/m1/s1. The van der Waals surface area contributed by atoms with Crippen molar-refractivity contribution in [2.24, 2.45) is 0 Å². The number of rotatable bonds is 6. The minimum atomic E-state index is -3.27. The van der Waals surface area contributed by atoms with Crippen molar-refractivity contribution >= 4 is 27.6 Å². The van der Waals surface area contributed by atoms with Crippen LogP contribution in [0, 0.1) is 18.3 Å². The summed E-state index contributed by atoms with van der Waals surface area (Å²) in [6, 6.07) is 14.4. The maximum absolute atomic E-state index is 13.2. The molecule has 2 aliphatic heterocycles. The molecule has 0 radical (unpaired) electrons. The molecule has 0 bridgehead atoms. The number of amides is 3. The fourth-order valence-corrected chi connectivity index (χ4v) is 6.10. The number of urea groups is 1. The van der Waals surface area contributed by atoms with Crippen LogP contribution in [0.15, 0.2) is 42.5 Å². The van der Waals surface area contributed by atoms with Gasteiger partial charge in [0, 0.05) is 43.5 Å². The molecule has 1 atom stereocenters. The lowest BCUT2D eigenvalue weighted by Gasteiger charge is -2.32. The highest BCUT2D eigenvalue weighted by Crippen LogP contribution is 2.29. The lowest BCUT2D eigenvalue weighted by Crippen LogP contribution is -2.41. The van der Waals surface area contributed by atoms with Crippen molar-refractivity contribution < 1.29 is 18.0 Å². The molecule has 4 rings (SSSR count). The first-order chi connectivity index (χ1) is 17.7. The first kappa shape index (κ1) is 26.6. The van der Waals surface area contributed by atoms with Crippen molar-refractivity contribution in [2.75, 3.05) is 37.2 Å². The lowest BCUT2D eigenvalue weighted by atomic mass is 9.89. The van der Waals surface area contributed by atoms with Gasteiger partial charge in [-0.2, -0.15) is 9.57 Å². The summed E-state index contributed by atoms with van der Waals surface area (Å²) in [5, 5.41) is 14.7. The van der Waals surface area contributed by atoms with Crippen LogP contribution in [0.2, 0.25) is 0 Å². The molecule has 3 amide bonds. The van der Waals surface area contributed by atoms with Gasteiger partial charge in [-0.05, 0) is 74.4 Å². The van der Waals surface area contributed by atoms with Crippen LogP contribution in [0.4, 0.5) is 10.5 Å². The van der Waals surface area contributed by atoms with Crippen molar-refractivity contribution in [3.8, 4) is 6.07 Å². The van der Waals surface area contributed by atoms with Gasteiger partial charge in [-0.15, -0.1) is 0 Å². The lowest BCUT2D eigenvalue weighted by molar-refractivity contribution is 0.0713. The quantitative estimate of drug-likeness (QED) is 0.601. The van der Waals surface area contributed by atoms with E-state index in [1.54, 1.807) is 19.1 Å². The van der Waals surface area contributed by atoms with Gasteiger partial charge in [-0.1, -0.05) is 18.2 Å². The number of nitrogens with zero attached hydrogens (tertiary/aromatic N) is 3. The molecule has 2 fully saturated rings. The molecule has 0 aliphatic carbocycles. The zero-order chi connectivity index (χ0) is 26.6. The number of aryl methyl sites for hydroxylation is 1. The van der Waals surface area contributed by atoms with Crippen molar-refractivity contribution in [1.82, 2.24) is 14.5 Å². The number of carbonyl (C=O) groups excluding carboxylic acids is 2. The molecule has 2 aromatic carbocycles. The third kappa shape index (κ3) is 6.29. The topological polar surface area (TPSA) is 123 Å². The molecule has 0 unspecified atom stereocenters. The molecule has 2 aromatic rings. The van der Waals surface area contributed by atoms with Crippen LogP contribution in [0.3, 0.4) is 0 Å². The van der Waals surface area contributed by atoms with Gasteiger partial charge in [0.2, 0.25) is 10.0 Å². The summed E-state index contributed by atoms with van der Waals surface area (Å²) >= 11 is 0. The second-order valence-electron chi connectivity index (χ2n) is 9.67. The van der Waals surface area contributed by atoms with Gasteiger partial charge >= 0.3 is 6.03 Å². The maximum atomic E-state index is 13.2. The molecule has 2 aliphatic rings. The van der Waals surface area contributed by atoms with E-state index in [1.807, 2.05) is 42.2 Å². The molecule has 0 spiro atoms. The maximum Gasteiger partial charge on any atom is 0.319 e. The Morgan fingerprint density at radius 2 is 1.76 bits per heavy atom. The second kappa shape index (κ2) is 11.3. The van der Waals surface area contributed by atoms with Gasteiger partial charge in [0.1, 0.15) is 0 Å². The molecule has 9 nitrogen and oxygen atoms in total. The van der Waals surface area contributed by atoms with E-state index < -0.39 is 16.1 Å². The van der Waals surface area contributed by atoms with E-state index in [-0.39, 0.29) is 24.2 Å². The van der Waals surface area contributed by atoms with Crippen molar-refractivity contribution in [3.63, 3.8) is 0 Å². The van der Waals surface area contributed by atoms with Gasteiger partial charge in [0.05, 0.1) is 17.4 Å². The number of hydrogen-bond donors (Lipinski definition) is 2. The number of likely N-dealkylation sites (tertiary alicyclic amines) is 1. The summed E-state index contributed by atoms with van der Waals surface area (Å²) in [6.07, 6.45) is 2.26. The van der Waals surface area contributed by atoms with E-state index in [9.17, 15) is 18.0 Å². The largest absolute Gasteiger partial charge is 0.339 e. The molecule has 2 heterocycles. The van der Waals surface area contributed by atoms with Crippen molar-refractivity contribution in [3.05, 3.63) is 64.7 Å². The van der Waals surface area contributed by atoms with Crippen LogP contribution in [0.5, 0.6) is 0 Å². The predicted molar refractivity (Wildman–Crippen MR) is 142 cm³/mol. The van der Waals surface area contributed by atoms with Crippen LogP contribution in [-0.2, 0) is 10.0 Å². The normalized spacial score (nSPS) is 18.8. The van der Waals surface area contributed by atoms with E-state index >= 15 is 0 Å². The third-order valence-corrected chi connectivity index (χ3v) is 9.12. The van der Waals surface area contributed by atoms with Crippen LogP contribution in [-0.4, -0.2) is 67.5 Å². The molecule has 196 valence electrons. The number of carbonyl (C=O) groups is 2. The zero-order valence-electron chi connectivity index (χ0n) is 21.2. The van der Waals surface area contributed by atoms with Crippen LogP contribution >= 0.6 is 0 Å². The smallest absolute Gasteiger partial charge is 0.319 e. The highest BCUT2D eigenvalue weighted by Gasteiger charge is 2.31. The summed E-state index contributed by atoms with van der Waals surface area (Å²) < 4.78 is 25.5. The number of nitriles is 1. The number of nitrogens with one attached hydrogen (secondary N) is 2. The summed E-state index contributed by atoms with van der Waals surface area (Å²) in [7, 11) is -3.27. The molecule has 0 saturated carbocycles. The predicted octanol–water partition coefficient (Wildman–Crippen LogP) is 3.43. The molecule has 10 heteroatoms. The number of benzene rings is 2. The minimum Gasteiger partial charge on any atom is -0.339 e. The van der Waals surface area contributed by atoms with Gasteiger partial charge in [-0.3, -0.25) is 4.79 Å². The number of anilines is 1. The number of sulfonamides is 1. The third-order valence-electron chi connectivity index (χ3n) is 7.27. The van der Waals surface area contributed by atoms with E-state index in [0.29, 0.717) is 48.8 Å². The molecule has 2 N–H and O–H groups in total.